The minimum absolute atomic E-state index is 0.295. The quantitative estimate of drug-likeness (QED) is 0.845. The molecule has 1 aliphatic rings. The van der Waals surface area contributed by atoms with Crippen LogP contribution < -0.4 is 15.4 Å². The number of anilines is 1. The molecule has 0 aliphatic carbocycles. The van der Waals surface area contributed by atoms with Gasteiger partial charge in [0.15, 0.2) is 0 Å². The third-order valence-corrected chi connectivity index (χ3v) is 3.16. The maximum atomic E-state index is 5.82. The molecule has 1 aromatic carbocycles. The molecular weight excluding hydrogens is 214 g/mol. The number of ether oxygens (including phenoxy) is 1. The highest BCUT2D eigenvalue weighted by molar-refractivity contribution is 5.93. The smallest absolute Gasteiger partial charge is 0.137 e. The summed E-state index contributed by atoms with van der Waals surface area (Å²) in [5.74, 6) is 0.787. The minimum atomic E-state index is 0.295. The first-order valence-corrected chi connectivity index (χ1v) is 5.71. The van der Waals surface area contributed by atoms with Crippen LogP contribution in [0, 0.1) is 0 Å². The van der Waals surface area contributed by atoms with Crippen molar-refractivity contribution >= 4 is 16.6 Å². The highest BCUT2D eigenvalue weighted by Crippen LogP contribution is 2.30. The second-order valence-electron chi connectivity index (χ2n) is 4.38. The first-order chi connectivity index (χ1) is 8.28. The van der Waals surface area contributed by atoms with Gasteiger partial charge < -0.3 is 15.4 Å². The number of rotatable bonds is 2. The molecular formula is C13H15N3O. The molecule has 4 nitrogen and oxygen atoms in total. The fourth-order valence-corrected chi connectivity index (χ4v) is 2.21. The van der Waals surface area contributed by atoms with E-state index in [2.05, 4.69) is 16.0 Å². The standard InChI is InChI=1S/C13H15N3O/c1-17-10-5-11-12(15-6-10)3-2-4-13(11)16-7-9(14)8-16/h2-6,9H,7-8,14H2,1H3. The third-order valence-electron chi connectivity index (χ3n) is 3.16. The summed E-state index contributed by atoms with van der Waals surface area (Å²) < 4.78 is 5.22. The molecule has 2 N–H and O–H groups in total. The fourth-order valence-electron chi connectivity index (χ4n) is 2.21. The molecule has 1 aromatic heterocycles. The van der Waals surface area contributed by atoms with Gasteiger partial charge in [0.2, 0.25) is 0 Å². The van der Waals surface area contributed by atoms with Crippen molar-refractivity contribution in [1.82, 2.24) is 4.98 Å². The molecule has 1 saturated heterocycles. The van der Waals surface area contributed by atoms with Crippen molar-refractivity contribution in [2.75, 3.05) is 25.1 Å². The van der Waals surface area contributed by atoms with Gasteiger partial charge in [-0.25, -0.2) is 0 Å². The second kappa shape index (κ2) is 3.89. The highest BCUT2D eigenvalue weighted by Gasteiger charge is 2.24. The average molecular weight is 229 g/mol. The van der Waals surface area contributed by atoms with Crippen LogP contribution in [-0.4, -0.2) is 31.2 Å². The Hall–Kier alpha value is -1.81. The van der Waals surface area contributed by atoms with Crippen molar-refractivity contribution in [3.05, 3.63) is 30.5 Å². The summed E-state index contributed by atoms with van der Waals surface area (Å²) in [6.45, 7) is 1.83. The van der Waals surface area contributed by atoms with Crippen molar-refractivity contribution in [2.24, 2.45) is 5.73 Å². The Morgan fingerprint density at radius 2 is 2.24 bits per heavy atom. The van der Waals surface area contributed by atoms with Crippen molar-refractivity contribution < 1.29 is 4.74 Å². The van der Waals surface area contributed by atoms with E-state index in [1.54, 1.807) is 13.3 Å². The van der Waals surface area contributed by atoms with Gasteiger partial charge in [-0.05, 0) is 18.2 Å². The lowest BCUT2D eigenvalue weighted by Crippen LogP contribution is -2.55. The monoisotopic (exact) mass is 229 g/mol. The Labute approximate surface area is 100.0 Å². The molecule has 0 bridgehead atoms. The van der Waals surface area contributed by atoms with Crippen LogP contribution >= 0.6 is 0 Å². The molecule has 17 heavy (non-hydrogen) atoms. The summed E-state index contributed by atoms with van der Waals surface area (Å²) in [4.78, 5) is 6.66. The van der Waals surface area contributed by atoms with Gasteiger partial charge in [0.05, 0.1) is 18.8 Å². The van der Waals surface area contributed by atoms with Gasteiger partial charge >= 0.3 is 0 Å². The fraction of sp³-hybridized carbons (Fsp3) is 0.308. The molecule has 0 saturated carbocycles. The minimum Gasteiger partial charge on any atom is -0.495 e. The zero-order valence-corrected chi connectivity index (χ0v) is 9.76. The number of fused-ring (bicyclic) bond motifs is 1. The van der Waals surface area contributed by atoms with E-state index in [1.807, 2.05) is 18.2 Å². The van der Waals surface area contributed by atoms with Crippen molar-refractivity contribution in [1.29, 1.82) is 0 Å². The van der Waals surface area contributed by atoms with E-state index in [0.717, 1.165) is 29.7 Å². The number of methoxy groups -OCH3 is 1. The van der Waals surface area contributed by atoms with Crippen molar-refractivity contribution in [3.63, 3.8) is 0 Å². The molecule has 0 radical (unpaired) electrons. The zero-order valence-electron chi connectivity index (χ0n) is 9.76. The average Bonchev–Trinajstić information content (AvgIpc) is 2.34. The van der Waals surface area contributed by atoms with Gasteiger partial charge in [0, 0.05) is 30.2 Å². The molecule has 1 fully saturated rings. The van der Waals surface area contributed by atoms with E-state index in [1.165, 1.54) is 5.69 Å². The van der Waals surface area contributed by atoms with Crippen LogP contribution in [0.3, 0.4) is 0 Å². The molecule has 3 rings (SSSR count). The van der Waals surface area contributed by atoms with Gasteiger partial charge in [0.25, 0.3) is 0 Å². The SMILES string of the molecule is COc1cnc2cccc(N3CC(N)C3)c2c1. The molecule has 0 amide bonds. The van der Waals surface area contributed by atoms with Crippen LogP contribution in [0.5, 0.6) is 5.75 Å². The molecule has 0 unspecified atom stereocenters. The van der Waals surface area contributed by atoms with Crippen LogP contribution in [-0.2, 0) is 0 Å². The summed E-state index contributed by atoms with van der Waals surface area (Å²) in [5, 5.41) is 1.12. The Bertz CT molecular complexity index is 549. The van der Waals surface area contributed by atoms with E-state index in [0.29, 0.717) is 6.04 Å². The molecule has 2 aromatic rings. The van der Waals surface area contributed by atoms with Gasteiger partial charge in [0.1, 0.15) is 5.75 Å². The largest absolute Gasteiger partial charge is 0.495 e. The molecule has 4 heteroatoms. The Morgan fingerprint density at radius 1 is 1.41 bits per heavy atom. The van der Waals surface area contributed by atoms with Gasteiger partial charge in [-0.1, -0.05) is 6.07 Å². The normalized spacial score (nSPS) is 16.0. The Balaban J connectivity index is 2.10. The van der Waals surface area contributed by atoms with E-state index < -0.39 is 0 Å². The highest BCUT2D eigenvalue weighted by atomic mass is 16.5. The summed E-state index contributed by atoms with van der Waals surface area (Å²) in [6.07, 6.45) is 1.74. The van der Waals surface area contributed by atoms with Crippen LogP contribution in [0.2, 0.25) is 0 Å². The van der Waals surface area contributed by atoms with E-state index in [4.69, 9.17) is 10.5 Å². The molecule has 2 heterocycles. The first kappa shape index (κ1) is 10.4. The van der Waals surface area contributed by atoms with Crippen LogP contribution in [0.1, 0.15) is 0 Å². The predicted octanol–water partition coefficient (Wildman–Crippen LogP) is 1.39. The van der Waals surface area contributed by atoms with E-state index in [9.17, 15) is 0 Å². The summed E-state index contributed by atoms with van der Waals surface area (Å²) >= 11 is 0. The van der Waals surface area contributed by atoms with Crippen molar-refractivity contribution in [2.45, 2.75) is 6.04 Å². The van der Waals surface area contributed by atoms with Gasteiger partial charge in [-0.3, -0.25) is 4.98 Å². The maximum Gasteiger partial charge on any atom is 0.137 e. The number of nitrogens with zero attached hydrogens (tertiary/aromatic N) is 2. The lowest BCUT2D eigenvalue weighted by atomic mass is 10.1. The number of benzene rings is 1. The zero-order chi connectivity index (χ0) is 11.8. The van der Waals surface area contributed by atoms with Gasteiger partial charge in [-0.2, -0.15) is 0 Å². The Morgan fingerprint density at radius 3 is 2.94 bits per heavy atom. The number of aromatic nitrogens is 1. The molecule has 0 atom stereocenters. The number of pyridine rings is 1. The summed E-state index contributed by atoms with van der Waals surface area (Å²) in [6, 6.07) is 8.47. The number of hydrogen-bond acceptors (Lipinski definition) is 4. The summed E-state index contributed by atoms with van der Waals surface area (Å²) in [5.41, 5.74) is 8.00. The predicted molar refractivity (Wildman–Crippen MR) is 68.5 cm³/mol. The molecule has 1 aliphatic heterocycles. The molecule has 0 spiro atoms. The summed E-state index contributed by atoms with van der Waals surface area (Å²) in [7, 11) is 1.66. The maximum absolute atomic E-state index is 5.82. The van der Waals surface area contributed by atoms with E-state index in [-0.39, 0.29) is 0 Å². The first-order valence-electron chi connectivity index (χ1n) is 5.71. The second-order valence-corrected chi connectivity index (χ2v) is 4.38. The van der Waals surface area contributed by atoms with E-state index >= 15 is 0 Å². The van der Waals surface area contributed by atoms with Crippen LogP contribution in [0.15, 0.2) is 30.5 Å². The molecule has 88 valence electrons. The number of nitrogens with two attached hydrogens (primary N) is 1. The topological polar surface area (TPSA) is 51.4 Å². The number of hydrogen-bond donors (Lipinski definition) is 1. The van der Waals surface area contributed by atoms with Crippen LogP contribution in [0.4, 0.5) is 5.69 Å². The van der Waals surface area contributed by atoms with Crippen LogP contribution in [0.25, 0.3) is 10.9 Å². The lowest BCUT2D eigenvalue weighted by Gasteiger charge is -2.39. The Kier molecular flexibility index (Phi) is 2.37. The van der Waals surface area contributed by atoms with Crippen molar-refractivity contribution in [3.8, 4) is 5.75 Å². The third kappa shape index (κ3) is 1.70. The van der Waals surface area contributed by atoms with Gasteiger partial charge in [-0.15, -0.1) is 0 Å². The lowest BCUT2D eigenvalue weighted by molar-refractivity contribution is 0.413.